The molecule has 22 heavy (non-hydrogen) atoms. The van der Waals surface area contributed by atoms with Crippen molar-refractivity contribution in [1.29, 1.82) is 0 Å². The first kappa shape index (κ1) is 14.9. The Bertz CT molecular complexity index is 787. The molecule has 1 aliphatic rings. The van der Waals surface area contributed by atoms with Crippen molar-refractivity contribution in [2.75, 3.05) is 5.32 Å². The first-order chi connectivity index (χ1) is 10.4. The fourth-order valence-corrected chi connectivity index (χ4v) is 3.21. The van der Waals surface area contributed by atoms with Gasteiger partial charge < -0.3 is 10.4 Å². The Morgan fingerprint density at radius 3 is 2.68 bits per heavy atom. The van der Waals surface area contributed by atoms with Gasteiger partial charge in [0.2, 0.25) is 0 Å². The number of nitrogens with one attached hydrogen (secondary N) is 1. The standard InChI is InChI=1S/C17H14BrNO3/c1-10-5-4-7-12-15(10)19-16(21)17(12,22)9-14(20)11-6-2-3-8-13(11)18/h2-8,22H,9H2,1H3,(H,19,21)/t17-/m0/s1. The zero-order valence-corrected chi connectivity index (χ0v) is 13.5. The van der Waals surface area contributed by atoms with Gasteiger partial charge in [-0.3, -0.25) is 9.59 Å². The number of rotatable bonds is 3. The van der Waals surface area contributed by atoms with Crippen molar-refractivity contribution in [1.82, 2.24) is 0 Å². The van der Waals surface area contributed by atoms with Crippen molar-refractivity contribution in [2.45, 2.75) is 18.9 Å². The van der Waals surface area contributed by atoms with E-state index in [9.17, 15) is 14.7 Å². The van der Waals surface area contributed by atoms with Crippen LogP contribution in [0.15, 0.2) is 46.9 Å². The summed E-state index contributed by atoms with van der Waals surface area (Å²) in [6.45, 7) is 1.85. The minimum absolute atomic E-state index is 0.292. The van der Waals surface area contributed by atoms with E-state index in [4.69, 9.17) is 0 Å². The summed E-state index contributed by atoms with van der Waals surface area (Å²) in [5.41, 5.74) is 0.529. The first-order valence-electron chi connectivity index (χ1n) is 6.85. The highest BCUT2D eigenvalue weighted by atomic mass is 79.9. The van der Waals surface area contributed by atoms with Gasteiger partial charge in [0.1, 0.15) is 0 Å². The monoisotopic (exact) mass is 359 g/mol. The van der Waals surface area contributed by atoms with Gasteiger partial charge in [0.15, 0.2) is 11.4 Å². The van der Waals surface area contributed by atoms with E-state index < -0.39 is 11.5 Å². The SMILES string of the molecule is Cc1cccc2c1NC(=O)[C@]2(O)CC(=O)c1ccccc1Br. The van der Waals surface area contributed by atoms with Crippen LogP contribution in [0.3, 0.4) is 0 Å². The average Bonchev–Trinajstić information content (AvgIpc) is 2.73. The number of hydrogen-bond donors (Lipinski definition) is 2. The second-order valence-electron chi connectivity index (χ2n) is 5.39. The number of aryl methyl sites for hydroxylation is 1. The van der Waals surface area contributed by atoms with E-state index >= 15 is 0 Å². The molecule has 1 heterocycles. The van der Waals surface area contributed by atoms with Crippen molar-refractivity contribution in [3.05, 3.63) is 63.6 Å². The summed E-state index contributed by atoms with van der Waals surface area (Å²) in [7, 11) is 0. The van der Waals surface area contributed by atoms with Crippen LogP contribution in [0, 0.1) is 6.92 Å². The Morgan fingerprint density at radius 1 is 1.23 bits per heavy atom. The number of benzene rings is 2. The summed E-state index contributed by atoms with van der Waals surface area (Å²) in [4.78, 5) is 24.7. The number of halogens is 1. The van der Waals surface area contributed by atoms with Gasteiger partial charge in [-0.15, -0.1) is 0 Å². The molecule has 0 fully saturated rings. The zero-order valence-electron chi connectivity index (χ0n) is 11.9. The Morgan fingerprint density at radius 2 is 1.95 bits per heavy atom. The molecule has 2 aromatic rings. The van der Waals surface area contributed by atoms with E-state index in [2.05, 4.69) is 21.2 Å². The topological polar surface area (TPSA) is 66.4 Å². The Balaban J connectivity index is 1.99. The molecule has 0 aliphatic carbocycles. The largest absolute Gasteiger partial charge is 0.375 e. The van der Waals surface area contributed by atoms with Crippen LogP contribution in [-0.2, 0) is 10.4 Å². The summed E-state index contributed by atoms with van der Waals surface area (Å²) in [5, 5.41) is 13.5. The Hall–Kier alpha value is -1.98. The number of anilines is 1. The molecule has 1 aliphatic heterocycles. The molecule has 0 saturated carbocycles. The minimum atomic E-state index is -1.83. The molecule has 0 aromatic heterocycles. The molecule has 0 unspecified atom stereocenters. The molecule has 2 aromatic carbocycles. The maximum atomic E-state index is 12.5. The predicted octanol–water partition coefficient (Wildman–Crippen LogP) is 3.17. The zero-order chi connectivity index (χ0) is 15.9. The molecule has 0 bridgehead atoms. The van der Waals surface area contributed by atoms with Gasteiger partial charge in [-0.1, -0.05) is 52.3 Å². The summed E-state index contributed by atoms with van der Waals surface area (Å²) >= 11 is 3.32. The third kappa shape index (κ3) is 2.26. The van der Waals surface area contributed by atoms with Crippen molar-refractivity contribution >= 4 is 33.3 Å². The fraction of sp³-hybridized carbons (Fsp3) is 0.176. The molecule has 0 saturated heterocycles. The maximum absolute atomic E-state index is 12.5. The highest BCUT2D eigenvalue weighted by Gasteiger charge is 2.47. The van der Waals surface area contributed by atoms with E-state index in [1.54, 1.807) is 36.4 Å². The average molecular weight is 360 g/mol. The number of Topliss-reactive ketones (excluding diaryl/α,β-unsaturated/α-hetero) is 1. The van der Waals surface area contributed by atoms with Crippen LogP contribution in [0.4, 0.5) is 5.69 Å². The van der Waals surface area contributed by atoms with Crippen LogP contribution in [0.1, 0.15) is 27.9 Å². The molecule has 112 valence electrons. The van der Waals surface area contributed by atoms with Gasteiger partial charge in [-0.2, -0.15) is 0 Å². The summed E-state index contributed by atoms with van der Waals surface area (Å²) in [5.74, 6) is -0.850. The highest BCUT2D eigenvalue weighted by molar-refractivity contribution is 9.10. The molecule has 1 atom stereocenters. The summed E-state index contributed by atoms with van der Waals surface area (Å²) in [6.07, 6.45) is -0.294. The van der Waals surface area contributed by atoms with Gasteiger partial charge in [0.25, 0.3) is 5.91 Å². The van der Waals surface area contributed by atoms with Crippen LogP contribution < -0.4 is 5.32 Å². The van der Waals surface area contributed by atoms with E-state index in [1.807, 2.05) is 13.0 Å². The van der Waals surface area contributed by atoms with Crippen LogP contribution in [0.25, 0.3) is 0 Å². The number of carbonyl (C=O) groups excluding carboxylic acids is 2. The van der Waals surface area contributed by atoms with E-state index in [0.717, 1.165) is 5.56 Å². The second kappa shape index (κ2) is 5.34. The quantitative estimate of drug-likeness (QED) is 0.827. The maximum Gasteiger partial charge on any atom is 0.261 e. The lowest BCUT2D eigenvalue weighted by atomic mass is 9.87. The normalized spacial score (nSPS) is 19.7. The number of ketones is 1. The lowest BCUT2D eigenvalue weighted by molar-refractivity contribution is -0.133. The van der Waals surface area contributed by atoms with Crippen LogP contribution >= 0.6 is 15.9 Å². The van der Waals surface area contributed by atoms with Crippen molar-refractivity contribution in [3.8, 4) is 0 Å². The van der Waals surface area contributed by atoms with Crippen molar-refractivity contribution in [2.24, 2.45) is 0 Å². The fourth-order valence-electron chi connectivity index (χ4n) is 2.71. The van der Waals surface area contributed by atoms with E-state index in [-0.39, 0.29) is 12.2 Å². The van der Waals surface area contributed by atoms with Gasteiger partial charge in [0, 0.05) is 15.6 Å². The van der Waals surface area contributed by atoms with Crippen molar-refractivity contribution < 1.29 is 14.7 Å². The number of fused-ring (bicyclic) bond motifs is 1. The minimum Gasteiger partial charge on any atom is -0.375 e. The molecular weight excluding hydrogens is 346 g/mol. The number of amides is 1. The molecule has 0 radical (unpaired) electrons. The summed E-state index contributed by atoms with van der Waals surface area (Å²) < 4.78 is 0.645. The van der Waals surface area contributed by atoms with Gasteiger partial charge >= 0.3 is 0 Å². The summed E-state index contributed by atoms with van der Waals surface area (Å²) in [6, 6.07) is 12.3. The molecule has 3 rings (SSSR count). The van der Waals surface area contributed by atoms with Gasteiger partial charge in [-0.25, -0.2) is 0 Å². The molecule has 5 heteroatoms. The van der Waals surface area contributed by atoms with E-state index in [0.29, 0.717) is 21.3 Å². The van der Waals surface area contributed by atoms with Gasteiger partial charge in [-0.05, 0) is 18.6 Å². The first-order valence-corrected chi connectivity index (χ1v) is 7.64. The molecule has 2 N–H and O–H groups in total. The number of carbonyl (C=O) groups is 2. The number of hydrogen-bond acceptors (Lipinski definition) is 3. The van der Waals surface area contributed by atoms with Crippen molar-refractivity contribution in [3.63, 3.8) is 0 Å². The Labute approximate surface area is 136 Å². The molecule has 4 nitrogen and oxygen atoms in total. The second-order valence-corrected chi connectivity index (χ2v) is 6.25. The van der Waals surface area contributed by atoms with Crippen LogP contribution in [0.2, 0.25) is 0 Å². The lowest BCUT2D eigenvalue weighted by Gasteiger charge is -2.20. The lowest BCUT2D eigenvalue weighted by Crippen LogP contribution is -2.36. The van der Waals surface area contributed by atoms with Crippen LogP contribution in [-0.4, -0.2) is 16.8 Å². The predicted molar refractivity (Wildman–Crippen MR) is 86.8 cm³/mol. The van der Waals surface area contributed by atoms with Crippen LogP contribution in [0.5, 0.6) is 0 Å². The molecular formula is C17H14BrNO3. The number of para-hydroxylation sites is 1. The third-order valence-electron chi connectivity index (χ3n) is 3.92. The number of aliphatic hydroxyl groups is 1. The molecule has 1 amide bonds. The Kier molecular flexibility index (Phi) is 3.62. The van der Waals surface area contributed by atoms with Gasteiger partial charge in [0.05, 0.1) is 12.1 Å². The smallest absolute Gasteiger partial charge is 0.261 e. The molecule has 0 spiro atoms. The third-order valence-corrected chi connectivity index (χ3v) is 4.61. The highest BCUT2D eigenvalue weighted by Crippen LogP contribution is 2.40. The van der Waals surface area contributed by atoms with E-state index in [1.165, 1.54) is 0 Å².